The maximum atomic E-state index is 11.9. The van der Waals surface area contributed by atoms with Crippen molar-refractivity contribution in [3.05, 3.63) is 39.4 Å². The van der Waals surface area contributed by atoms with E-state index in [0.29, 0.717) is 12.2 Å². The van der Waals surface area contributed by atoms with E-state index in [1.54, 1.807) is 13.0 Å². The average molecular weight is 279 g/mol. The zero-order valence-corrected chi connectivity index (χ0v) is 11.3. The Bertz CT molecular complexity index is 508. The summed E-state index contributed by atoms with van der Waals surface area (Å²) in [6.45, 7) is 2.52. The summed E-state index contributed by atoms with van der Waals surface area (Å²) in [5.74, 6) is -0.553. The molecular weight excluding hydrogens is 262 g/mol. The van der Waals surface area contributed by atoms with Gasteiger partial charge in [-0.25, -0.2) is 4.79 Å². The number of carbonyl (C=O) groups is 1. The van der Waals surface area contributed by atoms with Crippen molar-refractivity contribution in [3.63, 3.8) is 0 Å². The monoisotopic (exact) mass is 279 g/mol. The second-order valence-electron chi connectivity index (χ2n) is 4.85. The highest BCUT2D eigenvalue weighted by Gasteiger charge is 2.19. The van der Waals surface area contributed by atoms with Crippen molar-refractivity contribution in [2.24, 2.45) is 0 Å². The highest BCUT2D eigenvalue weighted by molar-refractivity contribution is 5.90. The Morgan fingerprint density at radius 2 is 2.30 bits per heavy atom. The minimum absolute atomic E-state index is 0.0619. The fourth-order valence-corrected chi connectivity index (χ4v) is 2.12. The molecule has 0 amide bonds. The molecule has 0 aliphatic carbocycles. The number of carbonyl (C=O) groups excluding carboxylic acids is 1. The third kappa shape index (κ3) is 3.54. The number of benzene rings is 1. The first-order chi connectivity index (χ1) is 9.58. The summed E-state index contributed by atoms with van der Waals surface area (Å²) >= 11 is 0. The second-order valence-corrected chi connectivity index (χ2v) is 4.85. The molecule has 0 spiro atoms. The van der Waals surface area contributed by atoms with Crippen LogP contribution in [0.4, 0.5) is 5.69 Å². The number of rotatable bonds is 4. The summed E-state index contributed by atoms with van der Waals surface area (Å²) in [7, 11) is 0. The molecule has 0 bridgehead atoms. The van der Waals surface area contributed by atoms with Gasteiger partial charge in [0.25, 0.3) is 5.69 Å². The molecule has 0 saturated carbocycles. The summed E-state index contributed by atoms with van der Waals surface area (Å²) in [5, 5.41) is 10.8. The molecule has 6 nitrogen and oxygen atoms in total. The van der Waals surface area contributed by atoms with Crippen LogP contribution in [0.15, 0.2) is 18.2 Å². The molecule has 1 atom stereocenters. The van der Waals surface area contributed by atoms with Crippen LogP contribution in [0.1, 0.15) is 35.2 Å². The average Bonchev–Trinajstić information content (AvgIpc) is 2.46. The number of nitrogens with zero attached hydrogens (tertiary/aromatic N) is 1. The lowest BCUT2D eigenvalue weighted by molar-refractivity contribution is -0.385. The van der Waals surface area contributed by atoms with E-state index in [9.17, 15) is 14.9 Å². The first-order valence-electron chi connectivity index (χ1n) is 6.61. The molecule has 1 aliphatic heterocycles. The predicted molar refractivity (Wildman–Crippen MR) is 71.7 cm³/mol. The Morgan fingerprint density at radius 3 is 2.95 bits per heavy atom. The molecule has 108 valence electrons. The highest BCUT2D eigenvalue weighted by atomic mass is 16.6. The van der Waals surface area contributed by atoms with Crippen LogP contribution in [-0.4, -0.2) is 30.2 Å². The molecule has 0 radical (unpaired) electrons. The van der Waals surface area contributed by atoms with Gasteiger partial charge in [-0.15, -0.1) is 0 Å². The summed E-state index contributed by atoms with van der Waals surface area (Å²) in [4.78, 5) is 22.2. The van der Waals surface area contributed by atoms with Gasteiger partial charge in [-0.05, 0) is 32.3 Å². The van der Waals surface area contributed by atoms with Gasteiger partial charge >= 0.3 is 5.97 Å². The number of nitro benzene ring substituents is 1. The standard InChI is InChI=1S/C14H17NO5/c1-10-5-6-11(8-13(10)15(17)18)14(16)20-9-12-4-2-3-7-19-12/h5-6,8,12H,2-4,7,9H2,1H3. The first-order valence-corrected chi connectivity index (χ1v) is 6.61. The zero-order chi connectivity index (χ0) is 14.5. The molecule has 1 saturated heterocycles. The van der Waals surface area contributed by atoms with Crippen molar-refractivity contribution in [2.45, 2.75) is 32.3 Å². The Kier molecular flexibility index (Phi) is 4.68. The van der Waals surface area contributed by atoms with E-state index in [4.69, 9.17) is 9.47 Å². The van der Waals surface area contributed by atoms with E-state index < -0.39 is 10.9 Å². The fraction of sp³-hybridized carbons (Fsp3) is 0.500. The van der Waals surface area contributed by atoms with Crippen LogP contribution in [0.3, 0.4) is 0 Å². The lowest BCUT2D eigenvalue weighted by atomic mass is 10.1. The molecule has 0 aromatic heterocycles. The van der Waals surface area contributed by atoms with E-state index in [1.807, 2.05) is 0 Å². The number of nitro groups is 1. The van der Waals surface area contributed by atoms with Crippen LogP contribution in [0.25, 0.3) is 0 Å². The van der Waals surface area contributed by atoms with Gasteiger partial charge < -0.3 is 9.47 Å². The molecule has 1 aliphatic rings. The Labute approximate surface area is 116 Å². The van der Waals surface area contributed by atoms with Gasteiger partial charge in [-0.2, -0.15) is 0 Å². The number of hydrogen-bond donors (Lipinski definition) is 0. The van der Waals surface area contributed by atoms with Crippen molar-refractivity contribution >= 4 is 11.7 Å². The van der Waals surface area contributed by atoms with E-state index in [1.165, 1.54) is 12.1 Å². The molecule has 2 rings (SSSR count). The van der Waals surface area contributed by atoms with Gasteiger partial charge in [-0.3, -0.25) is 10.1 Å². The maximum Gasteiger partial charge on any atom is 0.338 e. The predicted octanol–water partition coefficient (Wildman–Crippen LogP) is 2.63. The number of ether oxygens (including phenoxy) is 2. The molecule has 1 unspecified atom stereocenters. The van der Waals surface area contributed by atoms with Crippen LogP contribution in [0.2, 0.25) is 0 Å². The van der Waals surface area contributed by atoms with Gasteiger partial charge in [0.05, 0.1) is 16.6 Å². The Balaban J connectivity index is 1.98. The topological polar surface area (TPSA) is 78.7 Å². The second kappa shape index (κ2) is 6.47. The van der Waals surface area contributed by atoms with Crippen molar-refractivity contribution in [1.82, 2.24) is 0 Å². The van der Waals surface area contributed by atoms with Crippen LogP contribution >= 0.6 is 0 Å². The van der Waals surface area contributed by atoms with Crippen LogP contribution in [-0.2, 0) is 9.47 Å². The van der Waals surface area contributed by atoms with E-state index in [2.05, 4.69) is 0 Å². The summed E-state index contributed by atoms with van der Waals surface area (Å²) in [5.41, 5.74) is 0.633. The molecule has 1 aromatic rings. The van der Waals surface area contributed by atoms with Gasteiger partial charge in [-0.1, -0.05) is 6.07 Å². The van der Waals surface area contributed by atoms with Gasteiger partial charge in [0, 0.05) is 18.2 Å². The molecule has 0 N–H and O–H groups in total. The van der Waals surface area contributed by atoms with Gasteiger partial charge in [0.15, 0.2) is 0 Å². The SMILES string of the molecule is Cc1ccc(C(=O)OCC2CCCCO2)cc1[N+](=O)[O-]. The molecule has 20 heavy (non-hydrogen) atoms. The molecular formula is C14H17NO5. The Morgan fingerprint density at radius 1 is 1.50 bits per heavy atom. The third-order valence-corrected chi connectivity index (χ3v) is 3.32. The zero-order valence-electron chi connectivity index (χ0n) is 11.3. The summed E-state index contributed by atoms with van der Waals surface area (Å²) < 4.78 is 10.6. The van der Waals surface area contributed by atoms with Crippen molar-refractivity contribution < 1.29 is 19.2 Å². The number of esters is 1. The highest BCUT2D eigenvalue weighted by Crippen LogP contribution is 2.20. The number of aryl methyl sites for hydroxylation is 1. The van der Waals surface area contributed by atoms with Gasteiger partial charge in [0.2, 0.25) is 0 Å². The lowest BCUT2D eigenvalue weighted by Crippen LogP contribution is -2.26. The van der Waals surface area contributed by atoms with Crippen molar-refractivity contribution in [2.75, 3.05) is 13.2 Å². The molecule has 1 fully saturated rings. The molecule has 1 aromatic carbocycles. The molecule has 1 heterocycles. The van der Waals surface area contributed by atoms with Crippen molar-refractivity contribution in [1.29, 1.82) is 0 Å². The summed E-state index contributed by atoms with van der Waals surface area (Å²) in [6, 6.07) is 4.33. The Hall–Kier alpha value is -1.95. The van der Waals surface area contributed by atoms with Gasteiger partial charge in [0.1, 0.15) is 6.61 Å². The largest absolute Gasteiger partial charge is 0.459 e. The van der Waals surface area contributed by atoms with Crippen LogP contribution in [0, 0.1) is 17.0 Å². The van der Waals surface area contributed by atoms with E-state index in [0.717, 1.165) is 19.3 Å². The van der Waals surface area contributed by atoms with Crippen molar-refractivity contribution in [3.8, 4) is 0 Å². The first kappa shape index (κ1) is 14.5. The minimum atomic E-state index is -0.553. The van der Waals surface area contributed by atoms with Crippen LogP contribution < -0.4 is 0 Å². The van der Waals surface area contributed by atoms with Crippen LogP contribution in [0.5, 0.6) is 0 Å². The minimum Gasteiger partial charge on any atom is -0.459 e. The lowest BCUT2D eigenvalue weighted by Gasteiger charge is -2.22. The third-order valence-electron chi connectivity index (χ3n) is 3.32. The fourth-order valence-electron chi connectivity index (χ4n) is 2.12. The summed E-state index contributed by atoms with van der Waals surface area (Å²) in [6.07, 6.45) is 2.92. The number of hydrogen-bond acceptors (Lipinski definition) is 5. The quantitative estimate of drug-likeness (QED) is 0.481. The van der Waals surface area contributed by atoms with E-state index in [-0.39, 0.29) is 24.0 Å². The van der Waals surface area contributed by atoms with E-state index >= 15 is 0 Å². The normalized spacial score (nSPS) is 18.6. The maximum absolute atomic E-state index is 11.9. The smallest absolute Gasteiger partial charge is 0.338 e. The molecule has 6 heteroatoms.